The van der Waals surface area contributed by atoms with Gasteiger partial charge in [0.05, 0.1) is 0 Å². The molecule has 4 nitrogen and oxygen atoms in total. The van der Waals surface area contributed by atoms with Crippen molar-refractivity contribution in [3.05, 3.63) is 94.3 Å². The van der Waals surface area contributed by atoms with E-state index >= 15 is 8.78 Å². The Labute approximate surface area is 255 Å². The topological polar surface area (TPSA) is 51.6 Å². The Balaban J connectivity index is 0.00000484. The largest absolute Gasteiger partial charge is 2.00 e. The molecular weight excluding hydrogens is 737 g/mol. The van der Waals surface area contributed by atoms with Gasteiger partial charge in [0.15, 0.2) is 0 Å². The van der Waals surface area contributed by atoms with Gasteiger partial charge in [-0.3, -0.25) is 19.9 Å². The van der Waals surface area contributed by atoms with Crippen molar-refractivity contribution >= 4 is 0 Å². The van der Waals surface area contributed by atoms with Crippen LogP contribution >= 0.6 is 0 Å². The van der Waals surface area contributed by atoms with Gasteiger partial charge in [-0.1, -0.05) is 51.0 Å². The van der Waals surface area contributed by atoms with E-state index in [1.54, 1.807) is 27.7 Å². The second-order valence-electron chi connectivity index (χ2n) is 10.5. The number of hydrogen-bond acceptors (Lipinski definition) is 4. The summed E-state index contributed by atoms with van der Waals surface area (Å²) < 4.78 is 88.0. The van der Waals surface area contributed by atoms with E-state index in [9.17, 15) is 17.6 Å². The number of hydrogen-bond donors (Lipinski definition) is 0. The fraction of sp³-hybridized carbons (Fsp3) is 0.355. The molecular formula is C31H28F6N4Pt. The van der Waals surface area contributed by atoms with Gasteiger partial charge >= 0.3 is 21.1 Å². The van der Waals surface area contributed by atoms with Crippen LogP contribution in [0.1, 0.15) is 88.7 Å². The summed E-state index contributed by atoms with van der Waals surface area (Å²) in [7, 11) is 0. The van der Waals surface area contributed by atoms with Crippen molar-refractivity contribution in [2.45, 2.75) is 71.6 Å². The van der Waals surface area contributed by atoms with E-state index < -0.39 is 40.8 Å². The first-order valence-electron chi connectivity index (χ1n) is 13.2. The van der Waals surface area contributed by atoms with Crippen molar-refractivity contribution in [3.63, 3.8) is 0 Å². The quantitative estimate of drug-likeness (QED) is 0.103. The second-order valence-corrected chi connectivity index (χ2v) is 10.5. The van der Waals surface area contributed by atoms with Crippen molar-refractivity contribution in [1.82, 2.24) is 19.9 Å². The molecule has 4 rings (SSSR count). The summed E-state index contributed by atoms with van der Waals surface area (Å²) in [6.45, 7) is 10.6. The molecule has 0 radical (unpaired) electrons. The van der Waals surface area contributed by atoms with E-state index in [0.29, 0.717) is 12.8 Å². The molecule has 4 aromatic heterocycles. The minimum absolute atomic E-state index is 0. The van der Waals surface area contributed by atoms with Crippen LogP contribution in [0.4, 0.5) is 26.3 Å². The van der Waals surface area contributed by atoms with Gasteiger partial charge in [-0.15, -0.1) is 12.1 Å². The molecule has 11 heteroatoms. The summed E-state index contributed by atoms with van der Waals surface area (Å²) in [5.74, 6) is -6.77. The summed E-state index contributed by atoms with van der Waals surface area (Å²) in [5, 5.41) is 0. The number of halogens is 6. The fourth-order valence-electron chi connectivity index (χ4n) is 4.82. The molecule has 224 valence electrons. The van der Waals surface area contributed by atoms with Crippen molar-refractivity contribution in [1.29, 1.82) is 0 Å². The SMILES string of the molecule is CCC(C)c1c(F)cc(-c2[c-]cc(F)nc2F)nc1C(C)(C)c1nc(-c2[c-]cc(F)nc2F)cc(F)c1C(C)CC.[Pt+2]. The Hall–Kier alpha value is -3.13. The average Bonchev–Trinajstić information content (AvgIpc) is 2.91. The molecule has 0 N–H and O–H groups in total. The zero-order valence-electron chi connectivity index (χ0n) is 23.8. The van der Waals surface area contributed by atoms with E-state index in [1.165, 1.54) is 0 Å². The van der Waals surface area contributed by atoms with Gasteiger partial charge in [0.25, 0.3) is 0 Å². The van der Waals surface area contributed by atoms with E-state index in [1.807, 2.05) is 13.8 Å². The fourth-order valence-corrected chi connectivity index (χ4v) is 4.82. The first-order chi connectivity index (χ1) is 19.3. The third kappa shape index (κ3) is 6.29. The molecule has 0 fully saturated rings. The first-order valence-corrected chi connectivity index (χ1v) is 13.2. The van der Waals surface area contributed by atoms with Crippen LogP contribution in [0.2, 0.25) is 0 Å². The maximum absolute atomic E-state index is 15.9. The normalized spacial score (nSPS) is 13.0. The molecule has 2 unspecified atom stereocenters. The smallest absolute Gasteiger partial charge is 0.300 e. The van der Waals surface area contributed by atoms with Crippen LogP contribution < -0.4 is 0 Å². The van der Waals surface area contributed by atoms with Gasteiger partial charge < -0.3 is 0 Å². The third-order valence-corrected chi connectivity index (χ3v) is 7.42. The molecule has 0 aliphatic heterocycles. The van der Waals surface area contributed by atoms with E-state index in [4.69, 9.17) is 0 Å². The zero-order valence-corrected chi connectivity index (χ0v) is 26.0. The molecule has 0 saturated carbocycles. The maximum atomic E-state index is 15.9. The van der Waals surface area contributed by atoms with Gasteiger partial charge in [0, 0.05) is 27.9 Å². The summed E-state index contributed by atoms with van der Waals surface area (Å²) in [4.78, 5) is 15.6. The molecule has 0 spiro atoms. The molecule has 0 aliphatic rings. The van der Waals surface area contributed by atoms with Crippen LogP contribution in [0.25, 0.3) is 22.5 Å². The summed E-state index contributed by atoms with van der Waals surface area (Å²) in [5.41, 5.74) is -1.72. The predicted molar refractivity (Wildman–Crippen MR) is 142 cm³/mol. The minimum atomic E-state index is -1.33. The van der Waals surface area contributed by atoms with Crippen LogP contribution in [0.3, 0.4) is 0 Å². The van der Waals surface area contributed by atoms with Crippen LogP contribution in [-0.2, 0) is 26.5 Å². The third-order valence-electron chi connectivity index (χ3n) is 7.42. The van der Waals surface area contributed by atoms with Crippen LogP contribution in [0.15, 0.2) is 24.3 Å². The van der Waals surface area contributed by atoms with Crippen LogP contribution in [-0.4, -0.2) is 19.9 Å². The standard InChI is InChI=1S/C31H28F6N4.Pt/c1-7-15(3)25-19(32)13-21(17-9-11-23(34)40-29(17)36)38-27(25)31(5,6)28-26(16(4)8-2)20(33)14-22(39-28)18-10-12-24(35)41-30(18)37;/h11-16H,7-8H2,1-6H3;/q-2;+2. The Morgan fingerprint density at radius 1 is 0.667 bits per heavy atom. The van der Waals surface area contributed by atoms with Crippen LogP contribution in [0.5, 0.6) is 0 Å². The van der Waals surface area contributed by atoms with Crippen molar-refractivity contribution in [3.8, 4) is 22.5 Å². The van der Waals surface area contributed by atoms with Gasteiger partial charge in [0.2, 0.25) is 0 Å². The maximum Gasteiger partial charge on any atom is 2.00 e. The molecule has 4 aromatic rings. The summed E-state index contributed by atoms with van der Waals surface area (Å²) in [6.07, 6.45) is 1.03. The minimum Gasteiger partial charge on any atom is -0.300 e. The van der Waals surface area contributed by atoms with E-state index in [2.05, 4.69) is 32.1 Å². The Morgan fingerprint density at radius 2 is 1.02 bits per heavy atom. The van der Waals surface area contributed by atoms with Gasteiger partial charge in [-0.25, -0.2) is 26.3 Å². The number of pyridine rings is 4. The monoisotopic (exact) mass is 765 g/mol. The number of aromatic nitrogens is 4. The number of nitrogens with zero attached hydrogens (tertiary/aromatic N) is 4. The van der Waals surface area contributed by atoms with Gasteiger partial charge in [-0.05, 0) is 62.0 Å². The van der Waals surface area contributed by atoms with Crippen molar-refractivity contribution < 1.29 is 47.4 Å². The predicted octanol–water partition coefficient (Wildman–Crippen LogP) is 8.39. The van der Waals surface area contributed by atoms with E-state index in [-0.39, 0.29) is 77.9 Å². The Kier molecular flexibility index (Phi) is 10.3. The first kappa shape index (κ1) is 33.4. The van der Waals surface area contributed by atoms with Gasteiger partial charge in [0.1, 0.15) is 35.4 Å². The molecule has 0 amide bonds. The molecule has 4 heterocycles. The summed E-state index contributed by atoms with van der Waals surface area (Å²) >= 11 is 0. The molecule has 42 heavy (non-hydrogen) atoms. The molecule has 0 saturated heterocycles. The number of rotatable bonds is 8. The molecule has 0 bridgehead atoms. The van der Waals surface area contributed by atoms with Gasteiger partial charge in [-0.2, -0.15) is 0 Å². The Morgan fingerprint density at radius 3 is 1.33 bits per heavy atom. The molecule has 0 aromatic carbocycles. The zero-order chi connectivity index (χ0) is 30.2. The van der Waals surface area contributed by atoms with Crippen molar-refractivity contribution in [2.24, 2.45) is 0 Å². The van der Waals surface area contributed by atoms with E-state index in [0.717, 1.165) is 24.3 Å². The second kappa shape index (κ2) is 13.0. The Bertz CT molecular complexity index is 1490. The molecule has 2 atom stereocenters. The van der Waals surface area contributed by atoms with Crippen molar-refractivity contribution in [2.75, 3.05) is 0 Å². The average molecular weight is 766 g/mol. The molecule has 0 aliphatic carbocycles. The summed E-state index contributed by atoms with van der Waals surface area (Å²) in [6, 6.07) is 8.53. The van der Waals surface area contributed by atoms with Crippen LogP contribution in [0, 0.1) is 47.6 Å².